The van der Waals surface area contributed by atoms with Gasteiger partial charge in [0.05, 0.1) is 6.54 Å². The van der Waals surface area contributed by atoms with Crippen molar-refractivity contribution in [1.29, 1.82) is 0 Å². The summed E-state index contributed by atoms with van der Waals surface area (Å²) < 4.78 is 10.9. The van der Waals surface area contributed by atoms with E-state index in [4.69, 9.17) is 9.26 Å². The van der Waals surface area contributed by atoms with E-state index in [0.29, 0.717) is 12.4 Å². The molecule has 0 amide bonds. The predicted octanol–water partition coefficient (Wildman–Crippen LogP) is 1.43. The van der Waals surface area contributed by atoms with E-state index >= 15 is 0 Å². The number of aryl methyl sites for hydroxylation is 1. The molecule has 2 aromatic rings. The second kappa shape index (κ2) is 5.36. The quantitative estimate of drug-likeness (QED) is 0.828. The number of pyridine rings is 1. The lowest BCUT2D eigenvalue weighted by Gasteiger charge is -2.15. The van der Waals surface area contributed by atoms with Crippen molar-refractivity contribution in [2.45, 2.75) is 26.0 Å². The summed E-state index contributed by atoms with van der Waals surface area (Å²) in [5.74, 6) is 2.22. The summed E-state index contributed by atoms with van der Waals surface area (Å²) in [6.07, 6.45) is 4.71. The Morgan fingerprint density at radius 3 is 3.00 bits per heavy atom. The molecule has 0 N–H and O–H groups in total. The zero-order chi connectivity index (χ0) is 13.1. The first-order valence-electron chi connectivity index (χ1n) is 6.38. The largest absolute Gasteiger partial charge is 0.489 e. The molecule has 100 valence electrons. The summed E-state index contributed by atoms with van der Waals surface area (Å²) in [7, 11) is 0. The summed E-state index contributed by atoms with van der Waals surface area (Å²) in [5, 5.41) is 3.91. The predicted molar refractivity (Wildman–Crippen MR) is 67.6 cm³/mol. The minimum absolute atomic E-state index is 0.218. The second-order valence-electron chi connectivity index (χ2n) is 4.68. The fourth-order valence-corrected chi connectivity index (χ4v) is 2.25. The first kappa shape index (κ1) is 12.1. The molecule has 1 aliphatic heterocycles. The third-order valence-electron chi connectivity index (χ3n) is 3.12. The van der Waals surface area contributed by atoms with Gasteiger partial charge in [-0.25, -0.2) is 0 Å². The van der Waals surface area contributed by atoms with E-state index in [1.807, 2.05) is 12.1 Å². The number of aromatic nitrogens is 3. The van der Waals surface area contributed by atoms with Crippen LogP contribution in [0.3, 0.4) is 0 Å². The fraction of sp³-hybridized carbons (Fsp3) is 0.462. The van der Waals surface area contributed by atoms with E-state index in [0.717, 1.165) is 31.1 Å². The van der Waals surface area contributed by atoms with Crippen molar-refractivity contribution in [3.05, 3.63) is 36.2 Å². The van der Waals surface area contributed by atoms with E-state index in [-0.39, 0.29) is 6.10 Å². The summed E-state index contributed by atoms with van der Waals surface area (Å²) in [6, 6.07) is 3.76. The SMILES string of the molecule is Cc1nc(CN2CCC(Oc3ccncc3)C2)no1. The van der Waals surface area contributed by atoms with E-state index in [1.165, 1.54) is 0 Å². The molecular weight excluding hydrogens is 244 g/mol. The van der Waals surface area contributed by atoms with Crippen LogP contribution in [-0.2, 0) is 6.54 Å². The van der Waals surface area contributed by atoms with Gasteiger partial charge in [-0.3, -0.25) is 9.88 Å². The van der Waals surface area contributed by atoms with Gasteiger partial charge in [-0.1, -0.05) is 5.16 Å². The molecule has 0 spiro atoms. The van der Waals surface area contributed by atoms with Crippen LogP contribution in [0.4, 0.5) is 0 Å². The normalized spacial score (nSPS) is 19.7. The van der Waals surface area contributed by atoms with Crippen LogP contribution in [-0.4, -0.2) is 39.2 Å². The van der Waals surface area contributed by atoms with Crippen LogP contribution < -0.4 is 4.74 Å². The Bertz CT molecular complexity index is 528. The number of rotatable bonds is 4. The summed E-state index contributed by atoms with van der Waals surface area (Å²) in [4.78, 5) is 10.5. The van der Waals surface area contributed by atoms with Gasteiger partial charge in [0.25, 0.3) is 0 Å². The van der Waals surface area contributed by atoms with Crippen LogP contribution in [0.15, 0.2) is 29.0 Å². The van der Waals surface area contributed by atoms with Crippen molar-refractivity contribution in [3.8, 4) is 5.75 Å². The Balaban J connectivity index is 1.53. The average molecular weight is 260 g/mol. The molecule has 0 bridgehead atoms. The zero-order valence-corrected chi connectivity index (χ0v) is 10.8. The molecule has 0 aliphatic carbocycles. The van der Waals surface area contributed by atoms with Gasteiger partial charge < -0.3 is 9.26 Å². The third kappa shape index (κ3) is 3.08. The first-order chi connectivity index (χ1) is 9.29. The third-order valence-corrected chi connectivity index (χ3v) is 3.12. The molecule has 0 saturated carbocycles. The smallest absolute Gasteiger partial charge is 0.223 e. The topological polar surface area (TPSA) is 64.3 Å². The Labute approximate surface area is 111 Å². The monoisotopic (exact) mass is 260 g/mol. The van der Waals surface area contributed by atoms with Crippen molar-refractivity contribution in [2.75, 3.05) is 13.1 Å². The molecule has 0 radical (unpaired) electrons. The number of hydrogen-bond acceptors (Lipinski definition) is 6. The molecule has 3 rings (SSSR count). The number of hydrogen-bond donors (Lipinski definition) is 0. The number of likely N-dealkylation sites (tertiary alicyclic amines) is 1. The molecule has 0 aromatic carbocycles. The maximum absolute atomic E-state index is 5.90. The standard InChI is InChI=1S/C13H16N4O2/c1-10-15-13(16-19-10)9-17-7-4-12(8-17)18-11-2-5-14-6-3-11/h2-3,5-6,12H,4,7-9H2,1H3. The maximum atomic E-state index is 5.90. The van der Waals surface area contributed by atoms with Crippen LogP contribution in [0, 0.1) is 6.92 Å². The van der Waals surface area contributed by atoms with Gasteiger partial charge in [-0.05, 0) is 18.6 Å². The highest BCUT2D eigenvalue weighted by Gasteiger charge is 2.25. The lowest BCUT2D eigenvalue weighted by atomic mass is 10.3. The molecule has 2 aromatic heterocycles. The first-order valence-corrected chi connectivity index (χ1v) is 6.38. The highest BCUT2D eigenvalue weighted by Crippen LogP contribution is 2.18. The Kier molecular flexibility index (Phi) is 3.41. The second-order valence-corrected chi connectivity index (χ2v) is 4.68. The lowest BCUT2D eigenvalue weighted by molar-refractivity contribution is 0.196. The minimum Gasteiger partial charge on any atom is -0.489 e. The molecule has 1 aliphatic rings. The van der Waals surface area contributed by atoms with Gasteiger partial charge in [0.15, 0.2) is 5.82 Å². The summed E-state index contributed by atoms with van der Waals surface area (Å²) in [5.41, 5.74) is 0. The molecular formula is C13H16N4O2. The number of ether oxygens (including phenoxy) is 1. The molecule has 1 fully saturated rings. The maximum Gasteiger partial charge on any atom is 0.223 e. The van der Waals surface area contributed by atoms with E-state index in [1.54, 1.807) is 19.3 Å². The van der Waals surface area contributed by atoms with E-state index in [2.05, 4.69) is 20.0 Å². The summed E-state index contributed by atoms with van der Waals surface area (Å²) >= 11 is 0. The fourth-order valence-electron chi connectivity index (χ4n) is 2.25. The van der Waals surface area contributed by atoms with Crippen molar-refractivity contribution >= 4 is 0 Å². The van der Waals surface area contributed by atoms with Gasteiger partial charge in [0.2, 0.25) is 5.89 Å². The number of nitrogens with zero attached hydrogens (tertiary/aromatic N) is 4. The van der Waals surface area contributed by atoms with Crippen LogP contribution in [0.25, 0.3) is 0 Å². The van der Waals surface area contributed by atoms with Crippen LogP contribution >= 0.6 is 0 Å². The van der Waals surface area contributed by atoms with Gasteiger partial charge in [0, 0.05) is 32.4 Å². The van der Waals surface area contributed by atoms with Crippen LogP contribution in [0.2, 0.25) is 0 Å². The van der Waals surface area contributed by atoms with E-state index in [9.17, 15) is 0 Å². The Morgan fingerprint density at radius 1 is 1.42 bits per heavy atom. The molecule has 6 nitrogen and oxygen atoms in total. The molecule has 3 heterocycles. The highest BCUT2D eigenvalue weighted by atomic mass is 16.5. The highest BCUT2D eigenvalue weighted by molar-refractivity contribution is 5.17. The van der Waals surface area contributed by atoms with Crippen LogP contribution in [0.1, 0.15) is 18.1 Å². The Hall–Kier alpha value is -1.95. The van der Waals surface area contributed by atoms with Gasteiger partial charge in [-0.15, -0.1) is 0 Å². The van der Waals surface area contributed by atoms with Gasteiger partial charge >= 0.3 is 0 Å². The average Bonchev–Trinajstić information content (AvgIpc) is 3.01. The summed E-state index contributed by atoms with van der Waals surface area (Å²) in [6.45, 7) is 4.39. The van der Waals surface area contributed by atoms with Gasteiger partial charge in [-0.2, -0.15) is 4.98 Å². The molecule has 1 unspecified atom stereocenters. The van der Waals surface area contributed by atoms with Crippen molar-refractivity contribution in [2.24, 2.45) is 0 Å². The van der Waals surface area contributed by atoms with Crippen molar-refractivity contribution in [3.63, 3.8) is 0 Å². The molecule has 19 heavy (non-hydrogen) atoms. The van der Waals surface area contributed by atoms with Crippen LogP contribution in [0.5, 0.6) is 5.75 Å². The van der Waals surface area contributed by atoms with Gasteiger partial charge in [0.1, 0.15) is 11.9 Å². The van der Waals surface area contributed by atoms with Crippen molar-refractivity contribution in [1.82, 2.24) is 20.0 Å². The lowest BCUT2D eigenvalue weighted by Crippen LogP contribution is -2.25. The molecule has 1 atom stereocenters. The van der Waals surface area contributed by atoms with Crippen molar-refractivity contribution < 1.29 is 9.26 Å². The molecule has 1 saturated heterocycles. The minimum atomic E-state index is 0.218. The zero-order valence-electron chi connectivity index (χ0n) is 10.8. The molecule has 6 heteroatoms. The van der Waals surface area contributed by atoms with E-state index < -0.39 is 0 Å². The Morgan fingerprint density at radius 2 is 2.26 bits per heavy atom.